The Labute approximate surface area is 195 Å². The van der Waals surface area contributed by atoms with Gasteiger partial charge in [-0.05, 0) is 29.7 Å². The van der Waals surface area contributed by atoms with Gasteiger partial charge in [-0.1, -0.05) is 36.4 Å². The topological polar surface area (TPSA) is 34.2 Å². The molecule has 0 saturated carbocycles. The number of anilines is 1. The van der Waals surface area contributed by atoms with Crippen LogP contribution in [0.4, 0.5) is 10.1 Å². The number of benzene rings is 3. The Hall–Kier alpha value is -3.25. The van der Waals surface area contributed by atoms with Crippen molar-refractivity contribution in [2.45, 2.75) is 13.0 Å². The van der Waals surface area contributed by atoms with Gasteiger partial charge in [0.15, 0.2) is 0 Å². The van der Waals surface area contributed by atoms with Crippen molar-refractivity contribution in [2.24, 2.45) is 0 Å². The van der Waals surface area contributed by atoms with Gasteiger partial charge in [0.05, 0.1) is 19.9 Å². The van der Waals surface area contributed by atoms with Crippen LogP contribution in [0.5, 0.6) is 17.2 Å². The highest BCUT2D eigenvalue weighted by Crippen LogP contribution is 2.28. The van der Waals surface area contributed by atoms with Crippen LogP contribution in [-0.2, 0) is 13.0 Å². The third kappa shape index (κ3) is 6.17. The molecule has 0 spiro atoms. The first-order chi connectivity index (χ1) is 16.1. The third-order valence-electron chi connectivity index (χ3n) is 6.04. The SMILES string of the molecule is COc1cc(OC)cc(OCc2ccc(CCN3CCN(c4ccccc4F)CC3)cc2)c1. The van der Waals surface area contributed by atoms with E-state index < -0.39 is 0 Å². The molecule has 0 atom stereocenters. The number of hydrogen-bond donors (Lipinski definition) is 0. The van der Waals surface area contributed by atoms with Crippen molar-refractivity contribution >= 4 is 5.69 Å². The summed E-state index contributed by atoms with van der Waals surface area (Å²) in [4.78, 5) is 4.59. The summed E-state index contributed by atoms with van der Waals surface area (Å²) in [5, 5.41) is 0. The zero-order valence-corrected chi connectivity index (χ0v) is 19.3. The molecule has 5 nitrogen and oxygen atoms in total. The van der Waals surface area contributed by atoms with Gasteiger partial charge in [0.25, 0.3) is 0 Å². The summed E-state index contributed by atoms with van der Waals surface area (Å²) in [6.45, 7) is 5.09. The van der Waals surface area contributed by atoms with E-state index in [4.69, 9.17) is 14.2 Å². The molecular formula is C27H31FN2O3. The number of nitrogens with zero attached hydrogens (tertiary/aromatic N) is 2. The molecule has 0 radical (unpaired) electrons. The quantitative estimate of drug-likeness (QED) is 0.468. The molecule has 0 aliphatic carbocycles. The fourth-order valence-corrected chi connectivity index (χ4v) is 4.04. The van der Waals surface area contributed by atoms with E-state index in [1.54, 1.807) is 20.3 Å². The van der Waals surface area contributed by atoms with Crippen molar-refractivity contribution in [1.82, 2.24) is 4.90 Å². The summed E-state index contributed by atoms with van der Waals surface area (Å²) >= 11 is 0. The summed E-state index contributed by atoms with van der Waals surface area (Å²) in [7, 11) is 3.25. The molecule has 174 valence electrons. The van der Waals surface area contributed by atoms with Crippen LogP contribution in [0.2, 0.25) is 0 Å². The van der Waals surface area contributed by atoms with Crippen molar-refractivity contribution in [3.63, 3.8) is 0 Å². The third-order valence-corrected chi connectivity index (χ3v) is 6.04. The lowest BCUT2D eigenvalue weighted by Crippen LogP contribution is -2.47. The van der Waals surface area contributed by atoms with Crippen molar-refractivity contribution in [2.75, 3.05) is 51.8 Å². The smallest absolute Gasteiger partial charge is 0.146 e. The van der Waals surface area contributed by atoms with Gasteiger partial charge in [0.1, 0.15) is 29.7 Å². The second kappa shape index (κ2) is 11.1. The number of methoxy groups -OCH3 is 2. The highest BCUT2D eigenvalue weighted by Gasteiger charge is 2.18. The molecule has 0 unspecified atom stereocenters. The van der Waals surface area contributed by atoms with E-state index in [-0.39, 0.29) is 5.82 Å². The molecule has 1 aliphatic rings. The number of halogens is 1. The Bertz CT molecular complexity index is 1010. The summed E-state index contributed by atoms with van der Waals surface area (Å²) in [6, 6.07) is 21.1. The maximum absolute atomic E-state index is 14.0. The Balaban J connectivity index is 1.23. The van der Waals surface area contributed by atoms with Crippen LogP contribution in [0.3, 0.4) is 0 Å². The standard InChI is InChI=1S/C27H31FN2O3/c1-31-23-17-24(32-2)19-25(18-23)33-20-22-9-7-21(8-10-22)11-12-29-13-15-30(16-14-29)27-6-4-3-5-26(27)28/h3-10,17-19H,11-16,20H2,1-2H3. The van der Waals surface area contributed by atoms with Gasteiger partial charge in [-0.25, -0.2) is 4.39 Å². The minimum absolute atomic E-state index is 0.138. The minimum atomic E-state index is -0.138. The van der Waals surface area contributed by atoms with Gasteiger partial charge in [0.2, 0.25) is 0 Å². The Kier molecular flexibility index (Phi) is 7.68. The van der Waals surface area contributed by atoms with E-state index in [1.165, 1.54) is 11.6 Å². The molecule has 4 rings (SSSR count). The van der Waals surface area contributed by atoms with Crippen LogP contribution in [0, 0.1) is 5.82 Å². The Morgan fingerprint density at radius 3 is 2.00 bits per heavy atom. The van der Waals surface area contributed by atoms with Crippen LogP contribution < -0.4 is 19.1 Å². The molecule has 1 saturated heterocycles. The zero-order chi connectivity index (χ0) is 23.0. The first kappa shape index (κ1) is 22.9. The monoisotopic (exact) mass is 450 g/mol. The van der Waals surface area contributed by atoms with E-state index in [9.17, 15) is 4.39 Å². The summed E-state index contributed by atoms with van der Waals surface area (Å²) < 4.78 is 30.5. The molecular weight excluding hydrogens is 419 g/mol. The lowest BCUT2D eigenvalue weighted by Gasteiger charge is -2.36. The summed E-state index contributed by atoms with van der Waals surface area (Å²) in [6.07, 6.45) is 0.994. The molecule has 6 heteroatoms. The van der Waals surface area contributed by atoms with Crippen LogP contribution in [0.15, 0.2) is 66.7 Å². The van der Waals surface area contributed by atoms with Crippen molar-refractivity contribution in [1.29, 1.82) is 0 Å². The van der Waals surface area contributed by atoms with E-state index >= 15 is 0 Å². The first-order valence-electron chi connectivity index (χ1n) is 11.3. The van der Waals surface area contributed by atoms with Gasteiger partial charge < -0.3 is 19.1 Å². The highest BCUT2D eigenvalue weighted by atomic mass is 19.1. The summed E-state index contributed by atoms with van der Waals surface area (Å²) in [5.74, 6) is 1.98. The molecule has 0 amide bonds. The maximum Gasteiger partial charge on any atom is 0.146 e. The van der Waals surface area contributed by atoms with Crippen LogP contribution in [0.1, 0.15) is 11.1 Å². The highest BCUT2D eigenvalue weighted by molar-refractivity contribution is 5.48. The molecule has 0 N–H and O–H groups in total. The van der Waals surface area contributed by atoms with E-state index in [1.807, 2.05) is 30.3 Å². The van der Waals surface area contributed by atoms with Gasteiger partial charge in [-0.3, -0.25) is 4.90 Å². The Morgan fingerprint density at radius 1 is 0.758 bits per heavy atom. The second-order valence-corrected chi connectivity index (χ2v) is 8.18. The Morgan fingerprint density at radius 2 is 1.36 bits per heavy atom. The molecule has 3 aromatic carbocycles. The van der Waals surface area contributed by atoms with Crippen molar-refractivity contribution < 1.29 is 18.6 Å². The maximum atomic E-state index is 14.0. The average Bonchev–Trinajstić information content (AvgIpc) is 2.87. The molecule has 0 bridgehead atoms. The molecule has 0 aromatic heterocycles. The minimum Gasteiger partial charge on any atom is -0.496 e. The molecule has 1 heterocycles. The number of ether oxygens (including phenoxy) is 3. The number of para-hydroxylation sites is 1. The first-order valence-corrected chi connectivity index (χ1v) is 11.3. The van der Waals surface area contributed by atoms with Gasteiger partial charge >= 0.3 is 0 Å². The fraction of sp³-hybridized carbons (Fsp3) is 0.333. The molecule has 33 heavy (non-hydrogen) atoms. The molecule has 1 fully saturated rings. The predicted molar refractivity (Wildman–Crippen MR) is 129 cm³/mol. The average molecular weight is 451 g/mol. The van der Waals surface area contributed by atoms with Crippen LogP contribution in [0.25, 0.3) is 0 Å². The van der Waals surface area contributed by atoms with Crippen LogP contribution >= 0.6 is 0 Å². The largest absolute Gasteiger partial charge is 0.496 e. The zero-order valence-electron chi connectivity index (χ0n) is 19.3. The van der Waals surface area contributed by atoms with Crippen LogP contribution in [-0.4, -0.2) is 51.8 Å². The predicted octanol–water partition coefficient (Wildman–Crippen LogP) is 4.79. The van der Waals surface area contributed by atoms with Gasteiger partial charge in [-0.2, -0.15) is 0 Å². The van der Waals surface area contributed by atoms with E-state index in [2.05, 4.69) is 34.1 Å². The number of piperazine rings is 1. The van der Waals surface area contributed by atoms with Gasteiger partial charge in [-0.15, -0.1) is 0 Å². The fourth-order valence-electron chi connectivity index (χ4n) is 4.04. The van der Waals surface area contributed by atoms with Crippen molar-refractivity contribution in [3.05, 3.63) is 83.7 Å². The van der Waals surface area contributed by atoms with E-state index in [0.717, 1.165) is 44.7 Å². The normalized spacial score (nSPS) is 14.2. The molecule has 3 aromatic rings. The van der Waals surface area contributed by atoms with Crippen molar-refractivity contribution in [3.8, 4) is 17.2 Å². The molecule has 1 aliphatic heterocycles. The second-order valence-electron chi connectivity index (χ2n) is 8.18. The summed E-state index contributed by atoms with van der Waals surface area (Å²) in [5.41, 5.74) is 3.12. The lowest BCUT2D eigenvalue weighted by molar-refractivity contribution is 0.260. The van der Waals surface area contributed by atoms with Gasteiger partial charge in [0, 0.05) is 50.9 Å². The number of rotatable bonds is 9. The van der Waals surface area contributed by atoms with E-state index in [0.29, 0.717) is 29.5 Å². The number of hydrogen-bond acceptors (Lipinski definition) is 5. The lowest BCUT2D eigenvalue weighted by atomic mass is 10.1.